The second-order valence-electron chi connectivity index (χ2n) is 5.92. The molecule has 0 saturated carbocycles. The van der Waals surface area contributed by atoms with Gasteiger partial charge in [0.05, 0.1) is 11.3 Å². The molecule has 1 aromatic heterocycles. The lowest BCUT2D eigenvalue weighted by Crippen LogP contribution is -2.00. The van der Waals surface area contributed by atoms with Crippen LogP contribution in [0.1, 0.15) is 30.0 Å². The van der Waals surface area contributed by atoms with Gasteiger partial charge in [0.1, 0.15) is 16.8 Å². The van der Waals surface area contributed by atoms with Crippen LogP contribution in [0.4, 0.5) is 0 Å². The van der Waals surface area contributed by atoms with E-state index in [0.717, 1.165) is 23.2 Å². The predicted molar refractivity (Wildman–Crippen MR) is 108 cm³/mol. The number of nitrogens with zero attached hydrogens (tertiary/aromatic N) is 2. The number of thiazole rings is 1. The molecule has 0 atom stereocenters. The van der Waals surface area contributed by atoms with Crippen molar-refractivity contribution >= 4 is 29.0 Å². The number of allylic oxidation sites excluding steroid dienone is 1. The van der Waals surface area contributed by atoms with E-state index in [-0.39, 0.29) is 5.97 Å². The van der Waals surface area contributed by atoms with Crippen LogP contribution < -0.4 is 4.74 Å². The number of aryl methyl sites for hydroxylation is 1. The van der Waals surface area contributed by atoms with Gasteiger partial charge in [-0.3, -0.25) is 4.79 Å². The Morgan fingerprint density at radius 3 is 2.48 bits per heavy atom. The maximum absolute atomic E-state index is 11.0. The van der Waals surface area contributed by atoms with Gasteiger partial charge in [-0.05, 0) is 35.8 Å². The molecular formula is C22H18N2O2S. The molecule has 0 aliphatic rings. The Kier molecular flexibility index (Phi) is 5.80. The van der Waals surface area contributed by atoms with Crippen LogP contribution >= 0.6 is 11.3 Å². The van der Waals surface area contributed by atoms with Crippen LogP contribution in [-0.4, -0.2) is 11.0 Å². The zero-order chi connectivity index (χ0) is 19.2. The summed E-state index contributed by atoms with van der Waals surface area (Å²) in [4.78, 5) is 15.6. The molecule has 3 aromatic rings. The Balaban J connectivity index is 1.83. The van der Waals surface area contributed by atoms with Gasteiger partial charge < -0.3 is 4.74 Å². The van der Waals surface area contributed by atoms with E-state index < -0.39 is 0 Å². The van der Waals surface area contributed by atoms with Crippen molar-refractivity contribution in [1.29, 1.82) is 5.26 Å². The minimum Gasteiger partial charge on any atom is -0.427 e. The standard InChI is InChI=1S/C22H18N2O2S/c1-3-16-4-8-18(9-5-16)21-14-27-22(24-21)19(13-23)12-17-6-10-20(11-7-17)26-15(2)25/h4-12,14H,3H2,1-2H3/b19-12+. The number of carbonyl (C=O) groups excluding carboxylic acids is 1. The molecule has 2 aromatic carbocycles. The highest BCUT2D eigenvalue weighted by Gasteiger charge is 2.09. The van der Waals surface area contributed by atoms with E-state index in [1.165, 1.54) is 23.8 Å². The van der Waals surface area contributed by atoms with Gasteiger partial charge in [-0.2, -0.15) is 5.26 Å². The summed E-state index contributed by atoms with van der Waals surface area (Å²) in [7, 11) is 0. The summed E-state index contributed by atoms with van der Waals surface area (Å²) in [5, 5.41) is 12.2. The molecule has 1 heterocycles. The van der Waals surface area contributed by atoms with E-state index in [4.69, 9.17) is 4.74 Å². The first-order chi connectivity index (χ1) is 13.1. The third-order valence-electron chi connectivity index (χ3n) is 3.97. The van der Waals surface area contributed by atoms with E-state index in [0.29, 0.717) is 16.3 Å². The molecule has 0 aliphatic carbocycles. The van der Waals surface area contributed by atoms with Gasteiger partial charge in [-0.1, -0.05) is 43.3 Å². The summed E-state index contributed by atoms with van der Waals surface area (Å²) >= 11 is 1.45. The lowest BCUT2D eigenvalue weighted by Gasteiger charge is -2.01. The fraction of sp³-hybridized carbons (Fsp3) is 0.136. The van der Waals surface area contributed by atoms with E-state index in [1.54, 1.807) is 30.3 Å². The average molecular weight is 374 g/mol. The van der Waals surface area contributed by atoms with Crippen LogP contribution in [-0.2, 0) is 11.2 Å². The maximum atomic E-state index is 11.0. The van der Waals surface area contributed by atoms with Gasteiger partial charge in [0, 0.05) is 17.9 Å². The first kappa shape index (κ1) is 18.6. The van der Waals surface area contributed by atoms with Gasteiger partial charge in [-0.15, -0.1) is 11.3 Å². The van der Waals surface area contributed by atoms with Gasteiger partial charge in [0.25, 0.3) is 0 Å². The van der Waals surface area contributed by atoms with Gasteiger partial charge in [0.15, 0.2) is 0 Å². The van der Waals surface area contributed by atoms with Gasteiger partial charge in [0.2, 0.25) is 0 Å². The predicted octanol–water partition coefficient (Wildman–Crippen LogP) is 5.36. The molecule has 0 unspecified atom stereocenters. The van der Waals surface area contributed by atoms with Gasteiger partial charge >= 0.3 is 5.97 Å². The Bertz CT molecular complexity index is 1010. The molecule has 3 rings (SSSR count). The highest BCUT2D eigenvalue weighted by Crippen LogP contribution is 2.27. The summed E-state index contributed by atoms with van der Waals surface area (Å²) in [5.74, 6) is 0.114. The van der Waals surface area contributed by atoms with Crippen molar-refractivity contribution in [3.8, 4) is 23.1 Å². The minimum atomic E-state index is -0.363. The first-order valence-corrected chi connectivity index (χ1v) is 9.42. The van der Waals surface area contributed by atoms with Crippen LogP contribution in [0.25, 0.3) is 22.9 Å². The molecule has 4 nitrogen and oxygen atoms in total. The Morgan fingerprint density at radius 1 is 1.19 bits per heavy atom. The maximum Gasteiger partial charge on any atom is 0.308 e. The Hall–Kier alpha value is -3.23. The van der Waals surface area contributed by atoms with Crippen LogP contribution in [0.15, 0.2) is 53.9 Å². The highest BCUT2D eigenvalue weighted by molar-refractivity contribution is 7.11. The van der Waals surface area contributed by atoms with Crippen molar-refractivity contribution in [2.24, 2.45) is 0 Å². The Morgan fingerprint density at radius 2 is 1.89 bits per heavy atom. The number of ether oxygens (including phenoxy) is 1. The fourth-order valence-corrected chi connectivity index (χ4v) is 3.34. The average Bonchev–Trinajstić information content (AvgIpc) is 3.17. The van der Waals surface area contributed by atoms with Crippen molar-refractivity contribution in [3.05, 3.63) is 70.0 Å². The van der Waals surface area contributed by atoms with Crippen molar-refractivity contribution in [2.45, 2.75) is 20.3 Å². The van der Waals surface area contributed by atoms with E-state index in [2.05, 4.69) is 42.2 Å². The number of carbonyl (C=O) groups is 1. The van der Waals surface area contributed by atoms with Crippen molar-refractivity contribution in [3.63, 3.8) is 0 Å². The number of nitriles is 1. The molecule has 27 heavy (non-hydrogen) atoms. The van der Waals surface area contributed by atoms with E-state index >= 15 is 0 Å². The molecule has 0 saturated heterocycles. The lowest BCUT2D eigenvalue weighted by atomic mass is 10.1. The summed E-state index contributed by atoms with van der Waals surface area (Å²) in [5.41, 5.74) is 4.52. The molecule has 0 fully saturated rings. The van der Waals surface area contributed by atoms with Crippen molar-refractivity contribution in [2.75, 3.05) is 0 Å². The second-order valence-corrected chi connectivity index (χ2v) is 6.78. The SMILES string of the molecule is CCc1ccc(-c2csc(/C(C#N)=C/c3ccc(OC(C)=O)cc3)n2)cc1. The van der Waals surface area contributed by atoms with E-state index in [1.807, 2.05) is 5.38 Å². The molecule has 0 N–H and O–H groups in total. The zero-order valence-corrected chi connectivity index (χ0v) is 15.9. The molecule has 0 aliphatic heterocycles. The molecule has 0 amide bonds. The molecule has 134 valence electrons. The van der Waals surface area contributed by atoms with E-state index in [9.17, 15) is 10.1 Å². The topological polar surface area (TPSA) is 63.0 Å². The largest absolute Gasteiger partial charge is 0.427 e. The number of hydrogen-bond donors (Lipinski definition) is 0. The number of aromatic nitrogens is 1. The van der Waals surface area contributed by atoms with Crippen molar-refractivity contribution in [1.82, 2.24) is 4.98 Å². The number of benzene rings is 2. The normalized spacial score (nSPS) is 11.1. The summed E-state index contributed by atoms with van der Waals surface area (Å²) < 4.78 is 5.02. The third-order valence-corrected chi connectivity index (χ3v) is 4.84. The zero-order valence-electron chi connectivity index (χ0n) is 15.1. The quantitative estimate of drug-likeness (QED) is 0.342. The summed E-state index contributed by atoms with van der Waals surface area (Å²) in [6.07, 6.45) is 2.78. The monoisotopic (exact) mass is 374 g/mol. The highest BCUT2D eigenvalue weighted by atomic mass is 32.1. The van der Waals surface area contributed by atoms with Crippen LogP contribution in [0.3, 0.4) is 0 Å². The molecule has 0 radical (unpaired) electrons. The van der Waals surface area contributed by atoms with Crippen LogP contribution in [0.2, 0.25) is 0 Å². The number of hydrogen-bond acceptors (Lipinski definition) is 5. The Labute approximate surface area is 162 Å². The second kappa shape index (κ2) is 8.43. The fourth-order valence-electron chi connectivity index (χ4n) is 2.55. The molecule has 5 heteroatoms. The molecule has 0 bridgehead atoms. The smallest absolute Gasteiger partial charge is 0.308 e. The van der Waals surface area contributed by atoms with Crippen LogP contribution in [0, 0.1) is 11.3 Å². The summed E-state index contributed by atoms with van der Waals surface area (Å²) in [6.45, 7) is 3.48. The van der Waals surface area contributed by atoms with Crippen molar-refractivity contribution < 1.29 is 9.53 Å². The third kappa shape index (κ3) is 4.69. The number of rotatable bonds is 5. The first-order valence-electron chi connectivity index (χ1n) is 8.54. The van der Waals surface area contributed by atoms with Gasteiger partial charge in [-0.25, -0.2) is 4.98 Å². The number of esters is 1. The molecule has 0 spiro atoms. The summed E-state index contributed by atoms with van der Waals surface area (Å²) in [6, 6.07) is 17.5. The minimum absolute atomic E-state index is 0.363. The van der Waals surface area contributed by atoms with Crippen LogP contribution in [0.5, 0.6) is 5.75 Å². The lowest BCUT2D eigenvalue weighted by molar-refractivity contribution is -0.131. The molecular weight excluding hydrogens is 356 g/mol.